The maximum Gasteiger partial charge on any atom is 0.282 e. The van der Waals surface area contributed by atoms with E-state index >= 15 is 0 Å². The summed E-state index contributed by atoms with van der Waals surface area (Å²) in [6.45, 7) is 0. The number of rotatable bonds is 4. The highest BCUT2D eigenvalue weighted by Gasteiger charge is 2.18. The number of hydrogen-bond acceptors (Lipinski definition) is 6. The number of nitro benzene ring substituents is 1. The standard InChI is InChI=1S/C17H11N3O5/c21-16-11(10-25-15-8-4-2-6-13(15)16)9-18-19-17(22)12-5-1-3-7-14(12)20(23)24/h1-10H,(H,19,22)/b18-9+. The Labute approximate surface area is 140 Å². The van der Waals surface area contributed by atoms with Gasteiger partial charge in [0.05, 0.1) is 22.1 Å². The van der Waals surface area contributed by atoms with Crippen molar-refractivity contribution in [2.75, 3.05) is 0 Å². The van der Waals surface area contributed by atoms with Crippen molar-refractivity contribution in [2.24, 2.45) is 5.10 Å². The minimum absolute atomic E-state index is 0.129. The second-order valence-electron chi connectivity index (χ2n) is 4.99. The number of nitro groups is 1. The third-order valence-corrected chi connectivity index (χ3v) is 3.42. The van der Waals surface area contributed by atoms with Crippen molar-refractivity contribution >= 4 is 28.8 Å². The van der Waals surface area contributed by atoms with Crippen molar-refractivity contribution in [3.8, 4) is 0 Å². The van der Waals surface area contributed by atoms with Gasteiger partial charge in [0.1, 0.15) is 17.4 Å². The van der Waals surface area contributed by atoms with E-state index in [1.54, 1.807) is 24.3 Å². The van der Waals surface area contributed by atoms with Crippen molar-refractivity contribution in [1.82, 2.24) is 5.43 Å². The first-order valence-electron chi connectivity index (χ1n) is 7.15. The van der Waals surface area contributed by atoms with E-state index in [0.29, 0.717) is 11.0 Å². The average Bonchev–Trinajstić information content (AvgIpc) is 2.63. The summed E-state index contributed by atoms with van der Waals surface area (Å²) in [6.07, 6.45) is 2.36. The molecule has 124 valence electrons. The molecule has 1 aromatic heterocycles. The molecule has 3 rings (SSSR count). The molecular weight excluding hydrogens is 326 g/mol. The van der Waals surface area contributed by atoms with Gasteiger partial charge in [-0.05, 0) is 18.2 Å². The summed E-state index contributed by atoms with van der Waals surface area (Å²) in [5.41, 5.74) is 1.98. The molecule has 0 aliphatic rings. The van der Waals surface area contributed by atoms with Crippen molar-refractivity contribution in [1.29, 1.82) is 0 Å². The van der Waals surface area contributed by atoms with Gasteiger partial charge in [0.25, 0.3) is 11.6 Å². The van der Waals surface area contributed by atoms with Gasteiger partial charge in [-0.15, -0.1) is 0 Å². The van der Waals surface area contributed by atoms with Crippen LogP contribution in [0, 0.1) is 10.1 Å². The van der Waals surface area contributed by atoms with Crippen LogP contribution >= 0.6 is 0 Å². The van der Waals surface area contributed by atoms with Crippen LogP contribution in [0.1, 0.15) is 15.9 Å². The zero-order valence-corrected chi connectivity index (χ0v) is 12.7. The van der Waals surface area contributed by atoms with Gasteiger partial charge in [0.2, 0.25) is 5.43 Å². The molecule has 0 fully saturated rings. The Kier molecular flexibility index (Phi) is 4.34. The third kappa shape index (κ3) is 3.27. The lowest BCUT2D eigenvalue weighted by Crippen LogP contribution is -2.19. The zero-order valence-electron chi connectivity index (χ0n) is 12.7. The Morgan fingerprint density at radius 2 is 1.88 bits per heavy atom. The minimum Gasteiger partial charge on any atom is -0.463 e. The number of hydrazone groups is 1. The van der Waals surface area contributed by atoms with E-state index in [2.05, 4.69) is 10.5 Å². The first kappa shape index (κ1) is 16.1. The van der Waals surface area contributed by atoms with Crippen LogP contribution in [0.25, 0.3) is 11.0 Å². The van der Waals surface area contributed by atoms with Crippen LogP contribution in [0.4, 0.5) is 5.69 Å². The highest BCUT2D eigenvalue weighted by molar-refractivity contribution is 5.98. The lowest BCUT2D eigenvalue weighted by Gasteiger charge is -2.01. The lowest BCUT2D eigenvalue weighted by molar-refractivity contribution is -0.385. The predicted octanol–water partition coefficient (Wildman–Crippen LogP) is 2.47. The fourth-order valence-electron chi connectivity index (χ4n) is 2.23. The van der Waals surface area contributed by atoms with E-state index in [1.165, 1.54) is 30.5 Å². The number of fused-ring (bicyclic) bond motifs is 1. The Morgan fingerprint density at radius 3 is 2.68 bits per heavy atom. The van der Waals surface area contributed by atoms with Gasteiger partial charge < -0.3 is 4.42 Å². The number of nitrogens with one attached hydrogen (secondary N) is 1. The van der Waals surface area contributed by atoms with Crippen molar-refractivity contribution in [3.05, 3.63) is 86.3 Å². The number of carbonyl (C=O) groups excluding carboxylic acids is 1. The SMILES string of the molecule is O=C(N/N=C/c1coc2ccccc2c1=O)c1ccccc1[N+](=O)[O-]. The molecule has 0 radical (unpaired) electrons. The molecule has 0 atom stereocenters. The molecule has 0 saturated carbocycles. The van der Waals surface area contributed by atoms with Gasteiger partial charge in [-0.3, -0.25) is 19.7 Å². The lowest BCUT2D eigenvalue weighted by atomic mass is 10.2. The Morgan fingerprint density at radius 1 is 1.16 bits per heavy atom. The topological polar surface area (TPSA) is 115 Å². The number of nitrogens with zero attached hydrogens (tertiary/aromatic N) is 2. The van der Waals surface area contributed by atoms with Crippen LogP contribution in [0.3, 0.4) is 0 Å². The number of hydrogen-bond donors (Lipinski definition) is 1. The predicted molar refractivity (Wildman–Crippen MR) is 90.6 cm³/mol. The molecule has 1 heterocycles. The highest BCUT2D eigenvalue weighted by Crippen LogP contribution is 2.17. The van der Waals surface area contributed by atoms with Crippen molar-refractivity contribution in [2.45, 2.75) is 0 Å². The number of benzene rings is 2. The van der Waals surface area contributed by atoms with E-state index in [0.717, 1.165) is 6.21 Å². The number of amides is 1. The van der Waals surface area contributed by atoms with Crippen LogP contribution < -0.4 is 10.9 Å². The van der Waals surface area contributed by atoms with Crippen LogP contribution in [0.15, 0.2) is 69.1 Å². The minimum atomic E-state index is -0.756. The molecule has 0 unspecified atom stereocenters. The zero-order chi connectivity index (χ0) is 17.8. The molecule has 0 aliphatic heterocycles. The average molecular weight is 337 g/mol. The van der Waals surface area contributed by atoms with E-state index in [1.807, 2.05) is 0 Å². The smallest absolute Gasteiger partial charge is 0.282 e. The third-order valence-electron chi connectivity index (χ3n) is 3.42. The summed E-state index contributed by atoms with van der Waals surface area (Å²) in [6, 6.07) is 12.2. The molecule has 0 spiro atoms. The summed E-state index contributed by atoms with van der Waals surface area (Å²) < 4.78 is 5.32. The monoisotopic (exact) mass is 337 g/mol. The molecule has 1 amide bonds. The largest absolute Gasteiger partial charge is 0.463 e. The Hall–Kier alpha value is -3.81. The Balaban J connectivity index is 1.82. The normalized spacial score (nSPS) is 10.9. The molecular formula is C17H11N3O5. The van der Waals surface area contributed by atoms with Crippen molar-refractivity contribution in [3.63, 3.8) is 0 Å². The molecule has 3 aromatic rings. The fourth-order valence-corrected chi connectivity index (χ4v) is 2.23. The van der Waals surface area contributed by atoms with E-state index in [9.17, 15) is 19.7 Å². The van der Waals surface area contributed by atoms with Crippen LogP contribution in [0.2, 0.25) is 0 Å². The number of carbonyl (C=O) groups is 1. The number of para-hydroxylation sites is 2. The van der Waals surface area contributed by atoms with Crippen LogP contribution in [0.5, 0.6) is 0 Å². The molecule has 0 aliphatic carbocycles. The Bertz CT molecular complexity index is 1060. The quantitative estimate of drug-likeness (QED) is 0.446. The molecule has 1 N–H and O–H groups in total. The fraction of sp³-hybridized carbons (Fsp3) is 0. The molecule has 8 heteroatoms. The van der Waals surface area contributed by atoms with Crippen LogP contribution in [-0.4, -0.2) is 17.0 Å². The van der Waals surface area contributed by atoms with Crippen LogP contribution in [-0.2, 0) is 0 Å². The summed E-state index contributed by atoms with van der Waals surface area (Å²) in [7, 11) is 0. The maximum absolute atomic E-state index is 12.3. The van der Waals surface area contributed by atoms with Gasteiger partial charge in [-0.25, -0.2) is 5.43 Å². The van der Waals surface area contributed by atoms with Gasteiger partial charge in [-0.2, -0.15) is 5.10 Å². The summed E-state index contributed by atoms with van der Waals surface area (Å²) in [4.78, 5) is 34.6. The molecule has 25 heavy (non-hydrogen) atoms. The van der Waals surface area contributed by atoms with Gasteiger partial charge in [0, 0.05) is 6.07 Å². The van der Waals surface area contributed by atoms with Crippen molar-refractivity contribution < 1.29 is 14.1 Å². The maximum atomic E-state index is 12.3. The second-order valence-corrected chi connectivity index (χ2v) is 4.99. The van der Waals surface area contributed by atoms with Gasteiger partial charge in [0.15, 0.2) is 0 Å². The summed E-state index contributed by atoms with van der Waals surface area (Å²) in [5.74, 6) is -0.756. The van der Waals surface area contributed by atoms with Gasteiger partial charge in [-0.1, -0.05) is 24.3 Å². The highest BCUT2D eigenvalue weighted by atomic mass is 16.6. The molecule has 0 bridgehead atoms. The first-order valence-corrected chi connectivity index (χ1v) is 7.15. The van der Waals surface area contributed by atoms with E-state index < -0.39 is 10.8 Å². The molecule has 8 nitrogen and oxygen atoms in total. The summed E-state index contributed by atoms with van der Waals surface area (Å²) >= 11 is 0. The molecule has 0 saturated heterocycles. The van der Waals surface area contributed by atoms with Gasteiger partial charge >= 0.3 is 0 Å². The first-order chi connectivity index (χ1) is 12.1. The summed E-state index contributed by atoms with van der Waals surface area (Å²) in [5, 5.41) is 15.0. The van der Waals surface area contributed by atoms with E-state index in [4.69, 9.17) is 4.42 Å². The second kappa shape index (κ2) is 6.75. The van der Waals surface area contributed by atoms with E-state index in [-0.39, 0.29) is 22.2 Å². The molecule has 2 aromatic carbocycles.